The predicted molar refractivity (Wildman–Crippen MR) is 127 cm³/mol. The molecule has 5 rings (SSSR count). The molecule has 0 spiro atoms. The second kappa shape index (κ2) is 8.29. The molecule has 30 heavy (non-hydrogen) atoms. The van der Waals surface area contributed by atoms with Gasteiger partial charge in [-0.25, -0.2) is 0 Å². The number of halogens is 2. The molecule has 0 N–H and O–H groups in total. The zero-order chi connectivity index (χ0) is 20.5. The van der Waals surface area contributed by atoms with Gasteiger partial charge in [0.15, 0.2) is 0 Å². The van der Waals surface area contributed by atoms with E-state index in [1.807, 2.05) is 30.3 Å². The summed E-state index contributed by atoms with van der Waals surface area (Å²) in [5.41, 5.74) is 6.06. The second-order valence-electron chi connectivity index (χ2n) is 7.88. The minimum atomic E-state index is 0.175. The molecule has 2 atom stereocenters. The Morgan fingerprint density at radius 1 is 0.833 bits per heavy atom. The Morgan fingerprint density at radius 2 is 1.50 bits per heavy atom. The maximum absolute atomic E-state index is 6.17. The third kappa shape index (κ3) is 3.78. The van der Waals surface area contributed by atoms with Gasteiger partial charge in [-0.15, -0.1) is 0 Å². The van der Waals surface area contributed by atoms with E-state index in [-0.39, 0.29) is 6.04 Å². The maximum atomic E-state index is 6.17. The van der Waals surface area contributed by atoms with Crippen LogP contribution in [0.4, 0.5) is 5.69 Å². The molecule has 2 nitrogen and oxygen atoms in total. The molecule has 4 heteroatoms. The molecule has 0 saturated heterocycles. The minimum Gasteiger partial charge on any atom is -0.257 e. The van der Waals surface area contributed by atoms with Gasteiger partial charge in [-0.2, -0.15) is 5.10 Å². The van der Waals surface area contributed by atoms with E-state index in [1.54, 1.807) is 0 Å². The number of fused-ring (bicyclic) bond motifs is 1. The number of para-hydroxylation sites is 1. The van der Waals surface area contributed by atoms with E-state index in [2.05, 4.69) is 59.6 Å². The smallest absolute Gasteiger partial charge is 0.0859 e. The first-order valence-electron chi connectivity index (χ1n) is 10.3. The van der Waals surface area contributed by atoms with Crippen molar-refractivity contribution in [3.8, 4) is 0 Å². The average molecular weight is 433 g/mol. The van der Waals surface area contributed by atoms with Crippen LogP contribution in [0, 0.1) is 5.92 Å². The van der Waals surface area contributed by atoms with Crippen molar-refractivity contribution in [2.75, 3.05) is 5.01 Å². The number of rotatable bonds is 3. The topological polar surface area (TPSA) is 15.6 Å². The van der Waals surface area contributed by atoms with Crippen LogP contribution in [0.1, 0.15) is 36.4 Å². The van der Waals surface area contributed by atoms with E-state index < -0.39 is 0 Å². The Morgan fingerprint density at radius 3 is 2.20 bits per heavy atom. The molecule has 1 fully saturated rings. The van der Waals surface area contributed by atoms with Crippen molar-refractivity contribution in [3.05, 3.63) is 106 Å². The summed E-state index contributed by atoms with van der Waals surface area (Å²) in [7, 11) is 0. The number of anilines is 1. The van der Waals surface area contributed by atoms with E-state index in [0.29, 0.717) is 5.92 Å². The van der Waals surface area contributed by atoms with Gasteiger partial charge in [0.25, 0.3) is 0 Å². The van der Waals surface area contributed by atoms with Crippen LogP contribution in [0.25, 0.3) is 6.08 Å². The van der Waals surface area contributed by atoms with Crippen LogP contribution in [0.5, 0.6) is 0 Å². The molecule has 0 amide bonds. The molecule has 0 unspecified atom stereocenters. The van der Waals surface area contributed by atoms with Gasteiger partial charge in [0.2, 0.25) is 0 Å². The molecule has 0 bridgehead atoms. The largest absolute Gasteiger partial charge is 0.257 e. The van der Waals surface area contributed by atoms with E-state index in [1.165, 1.54) is 22.4 Å². The Hall–Kier alpha value is -2.55. The van der Waals surface area contributed by atoms with Gasteiger partial charge in [-0.3, -0.25) is 5.01 Å². The van der Waals surface area contributed by atoms with E-state index in [9.17, 15) is 0 Å². The molecule has 150 valence electrons. The summed E-state index contributed by atoms with van der Waals surface area (Å²) >= 11 is 12.2. The first kappa shape index (κ1) is 19.4. The summed E-state index contributed by atoms with van der Waals surface area (Å²) < 4.78 is 0. The van der Waals surface area contributed by atoms with E-state index in [4.69, 9.17) is 28.3 Å². The summed E-state index contributed by atoms with van der Waals surface area (Å²) in [6, 6.07) is 26.9. The molecule has 3 aromatic rings. The molecule has 0 radical (unpaired) electrons. The molecular formula is C26H22Cl2N2. The minimum absolute atomic E-state index is 0.175. The van der Waals surface area contributed by atoms with Crippen molar-refractivity contribution < 1.29 is 0 Å². The van der Waals surface area contributed by atoms with Gasteiger partial charge in [-0.05, 0) is 78.4 Å². The normalized spacial score (nSPS) is 22.1. The van der Waals surface area contributed by atoms with Crippen LogP contribution in [0.2, 0.25) is 10.0 Å². The SMILES string of the molecule is Clc1ccc(C=C2CCC[C@H]3C2=NN(c2ccccc2)[C@H]3c2ccc(Cl)cc2)cc1. The van der Waals surface area contributed by atoms with Gasteiger partial charge in [0.1, 0.15) is 0 Å². The lowest BCUT2D eigenvalue weighted by Gasteiger charge is -2.30. The Labute approximate surface area is 187 Å². The highest BCUT2D eigenvalue weighted by atomic mass is 35.5. The predicted octanol–water partition coefficient (Wildman–Crippen LogP) is 7.79. The zero-order valence-corrected chi connectivity index (χ0v) is 18.0. The Kier molecular flexibility index (Phi) is 5.37. The van der Waals surface area contributed by atoms with Gasteiger partial charge in [-0.1, -0.05) is 65.7 Å². The summed E-state index contributed by atoms with van der Waals surface area (Å²) in [5, 5.41) is 8.90. The van der Waals surface area contributed by atoms with E-state index >= 15 is 0 Å². The maximum Gasteiger partial charge on any atom is 0.0859 e. The summed E-state index contributed by atoms with van der Waals surface area (Å²) in [5.74, 6) is 0.360. The number of benzene rings is 3. The van der Waals surface area contributed by atoms with Crippen molar-refractivity contribution >= 4 is 40.7 Å². The van der Waals surface area contributed by atoms with Crippen molar-refractivity contribution in [2.24, 2.45) is 11.0 Å². The van der Waals surface area contributed by atoms with Crippen LogP contribution >= 0.6 is 23.2 Å². The summed E-state index contributed by atoms with van der Waals surface area (Å²) in [6.07, 6.45) is 5.62. The third-order valence-electron chi connectivity index (χ3n) is 5.94. The molecule has 3 aromatic carbocycles. The van der Waals surface area contributed by atoms with Crippen molar-refractivity contribution in [1.29, 1.82) is 0 Å². The lowest BCUT2D eigenvalue weighted by molar-refractivity contribution is 0.488. The van der Waals surface area contributed by atoms with Crippen molar-refractivity contribution in [2.45, 2.75) is 25.3 Å². The summed E-state index contributed by atoms with van der Waals surface area (Å²) in [4.78, 5) is 0. The number of allylic oxidation sites excluding steroid dienone is 1. The molecule has 0 aromatic heterocycles. The first-order chi connectivity index (χ1) is 14.7. The average Bonchev–Trinajstić information content (AvgIpc) is 3.17. The lowest BCUT2D eigenvalue weighted by atomic mass is 9.77. The quantitative estimate of drug-likeness (QED) is 0.412. The molecule has 1 aliphatic heterocycles. The zero-order valence-electron chi connectivity index (χ0n) is 16.5. The number of hydrogen-bond acceptors (Lipinski definition) is 2. The molecule has 1 saturated carbocycles. The standard InChI is InChI=1S/C26H22Cl2N2/c27-21-13-9-18(10-14-21)17-20-5-4-8-24-25(20)29-30(23-6-2-1-3-7-23)26(24)19-11-15-22(28)16-12-19/h1-3,6-7,9-17,24,26H,4-5,8H2/t24-,26-/m0/s1. The summed E-state index contributed by atoms with van der Waals surface area (Å²) in [6.45, 7) is 0. The van der Waals surface area contributed by atoms with Crippen molar-refractivity contribution in [3.63, 3.8) is 0 Å². The number of hydrogen-bond donors (Lipinski definition) is 0. The highest BCUT2D eigenvalue weighted by molar-refractivity contribution is 6.30. The fourth-order valence-corrected chi connectivity index (χ4v) is 4.80. The number of hydrazone groups is 1. The monoisotopic (exact) mass is 432 g/mol. The molecular weight excluding hydrogens is 411 g/mol. The van der Waals surface area contributed by atoms with Crippen LogP contribution in [-0.4, -0.2) is 5.71 Å². The first-order valence-corrected chi connectivity index (χ1v) is 11.1. The lowest BCUT2D eigenvalue weighted by Crippen LogP contribution is -2.28. The fourth-order valence-electron chi connectivity index (χ4n) is 4.55. The third-order valence-corrected chi connectivity index (χ3v) is 6.45. The second-order valence-corrected chi connectivity index (χ2v) is 8.75. The van der Waals surface area contributed by atoms with Crippen LogP contribution in [0.3, 0.4) is 0 Å². The van der Waals surface area contributed by atoms with Crippen LogP contribution in [0.15, 0.2) is 89.5 Å². The van der Waals surface area contributed by atoms with Gasteiger partial charge in [0.05, 0.1) is 17.4 Å². The van der Waals surface area contributed by atoms with Gasteiger partial charge < -0.3 is 0 Å². The van der Waals surface area contributed by atoms with Gasteiger partial charge in [0, 0.05) is 16.0 Å². The number of nitrogens with zero attached hydrogens (tertiary/aromatic N) is 2. The van der Waals surface area contributed by atoms with Crippen molar-refractivity contribution in [1.82, 2.24) is 0 Å². The Bertz CT molecular complexity index is 1090. The van der Waals surface area contributed by atoms with Gasteiger partial charge >= 0.3 is 0 Å². The highest BCUT2D eigenvalue weighted by Crippen LogP contribution is 2.46. The van der Waals surface area contributed by atoms with Crippen LogP contribution < -0.4 is 5.01 Å². The molecule has 2 aliphatic rings. The molecule has 1 heterocycles. The van der Waals surface area contributed by atoms with E-state index in [0.717, 1.165) is 35.0 Å². The molecule has 1 aliphatic carbocycles. The highest BCUT2D eigenvalue weighted by Gasteiger charge is 2.41. The van der Waals surface area contributed by atoms with Crippen LogP contribution in [-0.2, 0) is 0 Å². The Balaban J connectivity index is 1.58. The fraction of sp³-hybridized carbons (Fsp3) is 0.192.